The summed E-state index contributed by atoms with van der Waals surface area (Å²) in [6.07, 6.45) is 2.55. The number of carbonyl (C=O) groups excluding carboxylic acids is 1. The van der Waals surface area contributed by atoms with E-state index in [1.54, 1.807) is 12.1 Å². The summed E-state index contributed by atoms with van der Waals surface area (Å²) in [5.41, 5.74) is 1.78. The molecule has 0 aliphatic carbocycles. The molecule has 0 saturated heterocycles. The van der Waals surface area contributed by atoms with Crippen LogP contribution in [0.15, 0.2) is 58.8 Å². The Hall–Kier alpha value is -3.29. The van der Waals surface area contributed by atoms with Gasteiger partial charge in [0.25, 0.3) is 5.69 Å². The number of rotatable bonds is 11. The average molecular weight is 427 g/mol. The lowest BCUT2D eigenvalue weighted by Crippen LogP contribution is -2.32. The van der Waals surface area contributed by atoms with E-state index in [-0.39, 0.29) is 11.7 Å². The number of esters is 1. The predicted octanol–water partition coefficient (Wildman–Crippen LogP) is 6.21. The predicted molar refractivity (Wildman–Crippen MR) is 121 cm³/mol. The minimum absolute atomic E-state index is 0.0155. The third-order valence-corrected chi connectivity index (χ3v) is 5.37. The number of likely N-dealkylation sites (N-methyl/N-ethyl adjacent to an activating group) is 1. The molecule has 0 N–H and O–H groups in total. The Kier molecular flexibility index (Phi) is 8.66. The molecule has 0 heterocycles. The van der Waals surface area contributed by atoms with E-state index in [2.05, 4.69) is 17.2 Å². The van der Waals surface area contributed by atoms with E-state index in [1.807, 2.05) is 50.1 Å². The summed E-state index contributed by atoms with van der Waals surface area (Å²) < 4.78 is 5.52. The third kappa shape index (κ3) is 6.87. The first-order chi connectivity index (χ1) is 14.8. The van der Waals surface area contributed by atoms with Crippen molar-refractivity contribution < 1.29 is 14.5 Å². The molecule has 0 aliphatic heterocycles. The van der Waals surface area contributed by atoms with Crippen molar-refractivity contribution in [2.75, 3.05) is 25.1 Å². The number of hydrogen-bond donors (Lipinski definition) is 0. The van der Waals surface area contributed by atoms with Crippen molar-refractivity contribution in [1.29, 1.82) is 0 Å². The maximum atomic E-state index is 12.4. The molecule has 0 saturated carbocycles. The molecule has 0 bridgehead atoms. The number of non-ortho nitro benzene ring substituents is 1. The van der Waals surface area contributed by atoms with Crippen molar-refractivity contribution in [2.45, 2.75) is 40.0 Å². The monoisotopic (exact) mass is 426 g/mol. The summed E-state index contributed by atoms with van der Waals surface area (Å²) in [4.78, 5) is 24.6. The molecule has 2 aromatic carbocycles. The zero-order valence-corrected chi connectivity index (χ0v) is 18.6. The molecule has 166 valence electrons. The highest BCUT2D eigenvalue weighted by atomic mass is 16.6. The van der Waals surface area contributed by atoms with Gasteiger partial charge in [-0.05, 0) is 56.2 Å². The van der Waals surface area contributed by atoms with Crippen LogP contribution < -0.4 is 4.90 Å². The minimum Gasteiger partial charge on any atom is -0.463 e. The first kappa shape index (κ1) is 24.0. The average Bonchev–Trinajstić information content (AvgIpc) is 2.78. The lowest BCUT2D eigenvalue weighted by atomic mass is 9.83. The highest BCUT2D eigenvalue weighted by Gasteiger charge is 2.31. The molecule has 0 aliphatic rings. The summed E-state index contributed by atoms with van der Waals surface area (Å²) in [5, 5.41) is 18.9. The first-order valence-electron chi connectivity index (χ1n) is 10.4. The Bertz CT molecular complexity index is 897. The number of nitro benzene ring substituents is 1. The van der Waals surface area contributed by atoms with Crippen molar-refractivity contribution in [2.24, 2.45) is 15.6 Å². The van der Waals surface area contributed by atoms with Crippen LogP contribution in [0, 0.1) is 15.5 Å². The number of ether oxygens (including phenoxy) is 1. The topological polar surface area (TPSA) is 97.4 Å². The molecule has 0 spiro atoms. The van der Waals surface area contributed by atoms with Crippen LogP contribution in [-0.4, -0.2) is 31.1 Å². The van der Waals surface area contributed by atoms with Crippen molar-refractivity contribution in [1.82, 2.24) is 0 Å². The van der Waals surface area contributed by atoms with Gasteiger partial charge in [0.1, 0.15) is 6.61 Å². The van der Waals surface area contributed by atoms with Gasteiger partial charge in [0.05, 0.1) is 28.3 Å². The van der Waals surface area contributed by atoms with Crippen LogP contribution in [0.5, 0.6) is 0 Å². The van der Waals surface area contributed by atoms with Crippen molar-refractivity contribution in [3.63, 3.8) is 0 Å². The van der Waals surface area contributed by atoms with E-state index in [9.17, 15) is 14.9 Å². The van der Waals surface area contributed by atoms with Gasteiger partial charge in [0, 0.05) is 24.9 Å². The molecule has 8 heteroatoms. The Morgan fingerprint density at radius 2 is 1.61 bits per heavy atom. The molecule has 1 unspecified atom stereocenters. The number of anilines is 1. The summed E-state index contributed by atoms with van der Waals surface area (Å²) in [7, 11) is 1.94. The van der Waals surface area contributed by atoms with Crippen LogP contribution in [0.2, 0.25) is 0 Å². The second kappa shape index (κ2) is 11.2. The van der Waals surface area contributed by atoms with Gasteiger partial charge in [-0.1, -0.05) is 20.3 Å². The number of nitro groups is 1. The molecule has 31 heavy (non-hydrogen) atoms. The molecule has 0 amide bonds. The first-order valence-corrected chi connectivity index (χ1v) is 10.4. The smallest absolute Gasteiger partial charge is 0.311 e. The lowest BCUT2D eigenvalue weighted by molar-refractivity contribution is -0.384. The Morgan fingerprint density at radius 3 is 2.10 bits per heavy atom. The second-order valence-electron chi connectivity index (χ2n) is 7.71. The number of azo groups is 1. The van der Waals surface area contributed by atoms with Crippen molar-refractivity contribution >= 4 is 28.7 Å². The van der Waals surface area contributed by atoms with Gasteiger partial charge >= 0.3 is 5.97 Å². The van der Waals surface area contributed by atoms with Crippen LogP contribution in [0.25, 0.3) is 0 Å². The Balaban J connectivity index is 1.88. The SMILES string of the molecule is CCCC(C)(CC)C(=O)OCCN(C)c1ccc(N=Nc2ccc([N+](=O)[O-])cc2)cc1. The van der Waals surface area contributed by atoms with Crippen LogP contribution in [-0.2, 0) is 9.53 Å². The van der Waals surface area contributed by atoms with E-state index in [0.29, 0.717) is 24.5 Å². The van der Waals surface area contributed by atoms with E-state index >= 15 is 0 Å². The standard InChI is InChI=1S/C23H30N4O4/c1-5-15-23(3,6-2)22(28)31-17-16-26(4)20-11-7-18(8-12-20)24-25-19-9-13-21(14-10-19)27(29)30/h7-14H,5-6,15-17H2,1-4H3. The van der Waals surface area contributed by atoms with Crippen LogP contribution in [0.4, 0.5) is 22.7 Å². The zero-order chi connectivity index (χ0) is 22.9. The van der Waals surface area contributed by atoms with Gasteiger partial charge in [-0.25, -0.2) is 0 Å². The van der Waals surface area contributed by atoms with Gasteiger partial charge in [-0.2, -0.15) is 10.2 Å². The molecule has 0 aromatic heterocycles. The summed E-state index contributed by atoms with van der Waals surface area (Å²) >= 11 is 0. The largest absolute Gasteiger partial charge is 0.463 e. The van der Waals surface area contributed by atoms with Gasteiger partial charge in [-0.15, -0.1) is 0 Å². The molecule has 8 nitrogen and oxygen atoms in total. The number of nitrogens with zero attached hydrogens (tertiary/aromatic N) is 4. The van der Waals surface area contributed by atoms with Crippen molar-refractivity contribution in [3.05, 3.63) is 58.6 Å². The molecular formula is C23H30N4O4. The number of carbonyl (C=O) groups is 1. The molecule has 1 atom stereocenters. The van der Waals surface area contributed by atoms with E-state index in [0.717, 1.165) is 24.9 Å². The van der Waals surface area contributed by atoms with E-state index in [1.165, 1.54) is 12.1 Å². The van der Waals surface area contributed by atoms with Crippen molar-refractivity contribution in [3.8, 4) is 0 Å². The van der Waals surface area contributed by atoms with Crippen LogP contribution in [0.1, 0.15) is 40.0 Å². The Labute approximate surface area is 183 Å². The molecule has 2 aromatic rings. The van der Waals surface area contributed by atoms with E-state index in [4.69, 9.17) is 4.74 Å². The van der Waals surface area contributed by atoms with Crippen LogP contribution >= 0.6 is 0 Å². The summed E-state index contributed by atoms with van der Waals surface area (Å²) in [6, 6.07) is 13.4. The van der Waals surface area contributed by atoms with Crippen LogP contribution in [0.3, 0.4) is 0 Å². The van der Waals surface area contributed by atoms with Gasteiger partial charge in [0.2, 0.25) is 0 Å². The fourth-order valence-corrected chi connectivity index (χ4v) is 3.08. The van der Waals surface area contributed by atoms with Gasteiger partial charge < -0.3 is 9.64 Å². The summed E-state index contributed by atoms with van der Waals surface area (Å²) in [6.45, 7) is 6.97. The zero-order valence-electron chi connectivity index (χ0n) is 18.6. The normalized spacial score (nSPS) is 13.0. The number of hydrogen-bond acceptors (Lipinski definition) is 7. The lowest BCUT2D eigenvalue weighted by Gasteiger charge is -2.26. The maximum absolute atomic E-state index is 12.4. The highest BCUT2D eigenvalue weighted by molar-refractivity contribution is 5.76. The fraction of sp³-hybridized carbons (Fsp3) is 0.435. The maximum Gasteiger partial charge on any atom is 0.311 e. The second-order valence-corrected chi connectivity index (χ2v) is 7.71. The molecular weight excluding hydrogens is 396 g/mol. The quantitative estimate of drug-likeness (QED) is 0.184. The Morgan fingerprint density at radius 1 is 1.06 bits per heavy atom. The summed E-state index contributed by atoms with van der Waals surface area (Å²) in [5.74, 6) is -0.132. The molecule has 2 rings (SSSR count). The molecule has 0 radical (unpaired) electrons. The van der Waals surface area contributed by atoms with Gasteiger partial charge in [-0.3, -0.25) is 14.9 Å². The third-order valence-electron chi connectivity index (χ3n) is 5.37. The van der Waals surface area contributed by atoms with Gasteiger partial charge in [0.15, 0.2) is 0 Å². The minimum atomic E-state index is -0.454. The highest BCUT2D eigenvalue weighted by Crippen LogP contribution is 2.29. The molecule has 0 fully saturated rings. The fourth-order valence-electron chi connectivity index (χ4n) is 3.08. The number of benzene rings is 2. The van der Waals surface area contributed by atoms with E-state index < -0.39 is 10.3 Å².